The first-order chi connectivity index (χ1) is 20.8. The minimum absolute atomic E-state index is 0.140. The Morgan fingerprint density at radius 1 is 1.09 bits per heavy atom. The van der Waals surface area contributed by atoms with Gasteiger partial charge in [0.2, 0.25) is 5.82 Å². The number of pyridine rings is 1. The van der Waals surface area contributed by atoms with Crippen LogP contribution >= 0.6 is 11.6 Å². The van der Waals surface area contributed by atoms with Gasteiger partial charge in [-0.1, -0.05) is 11.6 Å². The maximum atomic E-state index is 13.5. The minimum Gasteiger partial charge on any atom is -0.478 e. The predicted octanol–water partition coefficient (Wildman–Crippen LogP) is 1.82. The molecule has 4 heterocycles. The average molecular weight is 635 g/mol. The third-order valence-electron chi connectivity index (χ3n) is 6.69. The number of aromatic carboxylic acids is 1. The number of rotatable bonds is 8. The van der Waals surface area contributed by atoms with Crippen LogP contribution in [0.2, 0.25) is 5.02 Å². The van der Waals surface area contributed by atoms with Gasteiger partial charge >= 0.3 is 17.8 Å². The van der Waals surface area contributed by atoms with Crippen LogP contribution in [0.5, 0.6) is 0 Å². The highest BCUT2D eigenvalue weighted by atomic mass is 35.5. The van der Waals surface area contributed by atoms with Crippen molar-refractivity contribution in [3.05, 3.63) is 75.4 Å². The van der Waals surface area contributed by atoms with E-state index in [1.165, 1.54) is 41.4 Å². The Kier molecular flexibility index (Phi) is 8.33. The molecule has 3 aromatic heterocycles. The maximum Gasteiger partial charge on any atom is 0.416 e. The van der Waals surface area contributed by atoms with Crippen molar-refractivity contribution in [2.75, 3.05) is 13.1 Å². The van der Waals surface area contributed by atoms with Crippen molar-refractivity contribution in [3.63, 3.8) is 0 Å². The molecular formula is C26H22ClF3N8O6. The monoisotopic (exact) mass is 634 g/mol. The van der Waals surface area contributed by atoms with Crippen molar-refractivity contribution in [2.45, 2.75) is 38.2 Å². The van der Waals surface area contributed by atoms with Crippen LogP contribution in [-0.2, 0) is 17.9 Å². The van der Waals surface area contributed by atoms with Gasteiger partial charge in [-0.2, -0.15) is 13.2 Å². The van der Waals surface area contributed by atoms with E-state index in [0.717, 1.165) is 15.6 Å². The summed E-state index contributed by atoms with van der Waals surface area (Å²) in [5.41, 5.74) is -1.27. The number of likely N-dealkylation sites (tertiary alicyclic amines) is 1. The molecule has 1 amide bonds. The Balaban J connectivity index is 1.60. The molecule has 0 radical (unpaired) electrons. The van der Waals surface area contributed by atoms with Gasteiger partial charge in [-0.05, 0) is 36.8 Å². The number of hydrogen-bond donors (Lipinski definition) is 2. The number of aromatic nitrogens is 7. The second-order valence-corrected chi connectivity index (χ2v) is 10.2. The first kappa shape index (κ1) is 30.6. The molecule has 1 aliphatic heterocycles. The van der Waals surface area contributed by atoms with Crippen molar-refractivity contribution >= 4 is 29.3 Å². The Bertz CT molecular complexity index is 1800. The fourth-order valence-corrected chi connectivity index (χ4v) is 4.67. The molecule has 18 heteroatoms. The Morgan fingerprint density at radius 2 is 1.82 bits per heavy atom. The zero-order valence-corrected chi connectivity index (χ0v) is 23.2. The van der Waals surface area contributed by atoms with Crippen LogP contribution in [0.25, 0.3) is 17.1 Å². The fraction of sp³-hybridized carbons (Fsp3) is 0.308. The zero-order chi connectivity index (χ0) is 31.8. The molecule has 1 atom stereocenters. The summed E-state index contributed by atoms with van der Waals surface area (Å²) in [7, 11) is 0. The van der Waals surface area contributed by atoms with Crippen LogP contribution < -0.4 is 5.69 Å². The van der Waals surface area contributed by atoms with Gasteiger partial charge in [0.15, 0.2) is 23.5 Å². The highest BCUT2D eigenvalue weighted by Crippen LogP contribution is 2.24. The first-order valence-corrected chi connectivity index (χ1v) is 13.3. The molecule has 2 N–H and O–H groups in total. The van der Waals surface area contributed by atoms with Crippen molar-refractivity contribution in [1.82, 2.24) is 39.0 Å². The van der Waals surface area contributed by atoms with E-state index in [1.54, 1.807) is 0 Å². The number of ketones is 1. The molecule has 0 unspecified atom stereocenters. The zero-order valence-electron chi connectivity index (χ0n) is 22.5. The highest BCUT2D eigenvalue weighted by Gasteiger charge is 2.39. The first-order valence-electron chi connectivity index (χ1n) is 13.0. The lowest BCUT2D eigenvalue weighted by Crippen LogP contribution is -2.41. The predicted molar refractivity (Wildman–Crippen MR) is 144 cm³/mol. The van der Waals surface area contributed by atoms with Gasteiger partial charge in [-0.15, -0.1) is 10.2 Å². The van der Waals surface area contributed by atoms with Crippen molar-refractivity contribution in [2.24, 2.45) is 0 Å². The largest absolute Gasteiger partial charge is 0.478 e. The average Bonchev–Trinajstić information content (AvgIpc) is 3.53. The second kappa shape index (κ2) is 12.0. The van der Waals surface area contributed by atoms with Gasteiger partial charge < -0.3 is 15.1 Å². The molecule has 4 aromatic rings. The third-order valence-corrected chi connectivity index (χ3v) is 6.94. The number of aliphatic hydroxyl groups is 1. The number of benzene rings is 1. The molecule has 230 valence electrons. The van der Waals surface area contributed by atoms with Crippen LogP contribution in [-0.4, -0.2) is 92.2 Å². The van der Waals surface area contributed by atoms with Crippen LogP contribution in [0.1, 0.15) is 39.6 Å². The summed E-state index contributed by atoms with van der Waals surface area (Å²) < 4.78 is 42.0. The molecule has 44 heavy (non-hydrogen) atoms. The van der Waals surface area contributed by atoms with Crippen molar-refractivity contribution in [1.29, 1.82) is 0 Å². The number of carboxylic acids is 1. The fourth-order valence-electron chi connectivity index (χ4n) is 4.55. The third kappa shape index (κ3) is 6.23. The van der Waals surface area contributed by atoms with Crippen molar-refractivity contribution in [3.8, 4) is 17.1 Å². The van der Waals surface area contributed by atoms with E-state index in [4.69, 9.17) is 11.6 Å². The van der Waals surface area contributed by atoms with Gasteiger partial charge in [0, 0.05) is 29.7 Å². The smallest absolute Gasteiger partial charge is 0.416 e. The summed E-state index contributed by atoms with van der Waals surface area (Å²) in [6.45, 7) is -1.72. The summed E-state index contributed by atoms with van der Waals surface area (Å²) in [6, 6.07) is 6.89. The van der Waals surface area contributed by atoms with Crippen LogP contribution in [0.3, 0.4) is 0 Å². The lowest BCUT2D eigenvalue weighted by Gasteiger charge is -2.25. The number of alkyl halides is 3. The number of carbonyl (C=O) groups excluding carboxylic acids is 2. The van der Waals surface area contributed by atoms with Gasteiger partial charge in [0.05, 0.1) is 24.8 Å². The van der Waals surface area contributed by atoms with E-state index < -0.39 is 42.9 Å². The Hall–Kier alpha value is -4.90. The summed E-state index contributed by atoms with van der Waals surface area (Å²) in [5, 5.41) is 28.1. The molecule has 0 bridgehead atoms. The van der Waals surface area contributed by atoms with Crippen LogP contribution in [0.15, 0.2) is 47.5 Å². The lowest BCUT2D eigenvalue weighted by molar-refractivity contribution is -0.207. The number of amides is 1. The molecule has 1 aliphatic rings. The van der Waals surface area contributed by atoms with E-state index in [2.05, 4.69) is 20.2 Å². The van der Waals surface area contributed by atoms with Gasteiger partial charge in [0.1, 0.15) is 12.2 Å². The Labute approximate surface area is 249 Å². The SMILES string of the molecule is O=C1CCCN(C(=O)c2nc(Cn3nc(-c4ccc(Cl)cc4)n(C[C@H](O)C(F)(F)F)c3=O)nn2-c2cnccc2C(=O)O)C1. The summed E-state index contributed by atoms with van der Waals surface area (Å²) in [5.74, 6) is -3.14. The standard InChI is InChI=1S/C26H22ClF3N8O6/c27-15-5-3-14(4-6-15)21-34-37(25(44)36(21)12-19(40)26(28,29)30)13-20-32-22(23(41)35-9-1-2-16(39)11-35)38(33-20)18-10-31-8-7-17(18)24(42)43/h3-8,10,19,40H,1-2,9,11-13H2,(H,42,43)/t19-/m0/s1. The number of piperidine rings is 1. The quantitative estimate of drug-likeness (QED) is 0.290. The molecular weight excluding hydrogens is 613 g/mol. The topological polar surface area (TPSA) is 178 Å². The Morgan fingerprint density at radius 3 is 2.48 bits per heavy atom. The number of nitrogens with zero attached hydrogens (tertiary/aromatic N) is 8. The number of carbonyl (C=O) groups is 3. The molecule has 1 saturated heterocycles. The van der Waals surface area contributed by atoms with Crippen LogP contribution in [0, 0.1) is 0 Å². The number of carboxylic acid groups (broad SMARTS) is 1. The van der Waals surface area contributed by atoms with E-state index in [0.29, 0.717) is 16.0 Å². The molecule has 14 nitrogen and oxygen atoms in total. The normalized spacial score (nSPS) is 14.6. The maximum absolute atomic E-state index is 13.5. The summed E-state index contributed by atoms with van der Waals surface area (Å²) in [4.78, 5) is 60.1. The number of aliphatic hydroxyl groups excluding tert-OH is 1. The van der Waals surface area contributed by atoms with E-state index >= 15 is 0 Å². The number of halogens is 4. The molecule has 1 aromatic carbocycles. The highest BCUT2D eigenvalue weighted by molar-refractivity contribution is 6.30. The van der Waals surface area contributed by atoms with Gasteiger partial charge in [0.25, 0.3) is 5.91 Å². The van der Waals surface area contributed by atoms with E-state index in [1.807, 2.05) is 0 Å². The van der Waals surface area contributed by atoms with Crippen molar-refractivity contribution < 1.29 is 37.8 Å². The number of Topliss-reactive ketones (excluding diaryl/α,β-unsaturated/α-hetero) is 1. The van der Waals surface area contributed by atoms with E-state index in [9.17, 15) is 42.6 Å². The van der Waals surface area contributed by atoms with Gasteiger partial charge in [-0.25, -0.2) is 23.9 Å². The van der Waals surface area contributed by atoms with E-state index in [-0.39, 0.29) is 59.6 Å². The molecule has 0 spiro atoms. The molecule has 1 fully saturated rings. The minimum atomic E-state index is -5.03. The molecule has 5 rings (SSSR count). The second-order valence-electron chi connectivity index (χ2n) is 9.77. The molecule has 0 saturated carbocycles. The lowest BCUT2D eigenvalue weighted by atomic mass is 10.1. The van der Waals surface area contributed by atoms with Crippen LogP contribution in [0.4, 0.5) is 13.2 Å². The molecule has 0 aliphatic carbocycles. The summed E-state index contributed by atoms with van der Waals surface area (Å²) in [6.07, 6.45) is -4.87. The number of hydrogen-bond acceptors (Lipinski definition) is 9. The summed E-state index contributed by atoms with van der Waals surface area (Å²) >= 11 is 5.92. The van der Waals surface area contributed by atoms with Gasteiger partial charge in [-0.3, -0.25) is 19.1 Å².